The Balaban J connectivity index is 2.22. The highest BCUT2D eigenvalue weighted by molar-refractivity contribution is 5.62. The van der Waals surface area contributed by atoms with Crippen LogP contribution in [-0.2, 0) is 6.42 Å². The molecule has 0 aliphatic carbocycles. The van der Waals surface area contributed by atoms with Crippen molar-refractivity contribution in [3.05, 3.63) is 29.3 Å². The number of anilines is 1. The Bertz CT molecular complexity index is 338. The van der Waals surface area contributed by atoms with Crippen LogP contribution in [0.15, 0.2) is 18.2 Å². The molecule has 76 valence electrons. The Morgan fingerprint density at radius 1 is 1.64 bits per heavy atom. The fourth-order valence-corrected chi connectivity index (χ4v) is 1.96. The minimum absolute atomic E-state index is 0.0324. The van der Waals surface area contributed by atoms with Crippen LogP contribution in [0.1, 0.15) is 11.1 Å². The van der Waals surface area contributed by atoms with Crippen molar-refractivity contribution in [2.24, 2.45) is 5.73 Å². The first kappa shape index (κ1) is 9.49. The van der Waals surface area contributed by atoms with Crippen molar-refractivity contribution < 1.29 is 5.11 Å². The number of hydrogen-bond donors (Lipinski definition) is 3. The highest BCUT2D eigenvalue weighted by atomic mass is 16.3. The number of benzene rings is 1. The van der Waals surface area contributed by atoms with Gasteiger partial charge in [-0.25, -0.2) is 0 Å². The van der Waals surface area contributed by atoms with Gasteiger partial charge in [0.2, 0.25) is 0 Å². The van der Waals surface area contributed by atoms with Crippen molar-refractivity contribution >= 4 is 5.69 Å². The first-order valence-electron chi connectivity index (χ1n) is 4.94. The van der Waals surface area contributed by atoms with Crippen LogP contribution in [0.5, 0.6) is 0 Å². The molecule has 0 aromatic heterocycles. The summed E-state index contributed by atoms with van der Waals surface area (Å²) in [6.45, 7) is 2.11. The largest absolute Gasteiger partial charge is 0.395 e. The van der Waals surface area contributed by atoms with Crippen LogP contribution in [0, 0.1) is 6.92 Å². The molecule has 0 amide bonds. The molecule has 0 fully saturated rings. The van der Waals surface area contributed by atoms with Gasteiger partial charge >= 0.3 is 0 Å². The van der Waals surface area contributed by atoms with Gasteiger partial charge in [-0.05, 0) is 24.5 Å². The Labute approximate surface area is 83.9 Å². The zero-order chi connectivity index (χ0) is 10.1. The van der Waals surface area contributed by atoms with Gasteiger partial charge in [-0.15, -0.1) is 0 Å². The number of aliphatic hydroxyl groups excluding tert-OH is 1. The van der Waals surface area contributed by atoms with E-state index in [1.807, 2.05) is 0 Å². The summed E-state index contributed by atoms with van der Waals surface area (Å²) < 4.78 is 0. The van der Waals surface area contributed by atoms with Crippen molar-refractivity contribution in [3.63, 3.8) is 0 Å². The number of aliphatic hydroxyl groups is 1. The van der Waals surface area contributed by atoms with E-state index in [2.05, 4.69) is 30.4 Å². The zero-order valence-electron chi connectivity index (χ0n) is 8.33. The Morgan fingerprint density at radius 3 is 3.07 bits per heavy atom. The standard InChI is InChI=1S/C11H16N2O/c1-7-3-2-4-8-5-10(9(12)6-14)13-11(7)8/h2-4,9-10,13-14H,5-6,12H2,1H3. The first-order chi connectivity index (χ1) is 6.72. The normalized spacial score (nSPS) is 21.5. The quantitative estimate of drug-likeness (QED) is 0.645. The molecule has 0 saturated heterocycles. The predicted octanol–water partition coefficient (Wildman–Crippen LogP) is 0.651. The lowest BCUT2D eigenvalue weighted by Gasteiger charge is -2.17. The molecule has 3 heteroatoms. The van der Waals surface area contributed by atoms with Crippen LogP contribution >= 0.6 is 0 Å². The molecule has 2 unspecified atom stereocenters. The van der Waals surface area contributed by atoms with Crippen LogP contribution < -0.4 is 11.1 Å². The summed E-state index contributed by atoms with van der Waals surface area (Å²) in [5, 5.41) is 12.3. The monoisotopic (exact) mass is 192 g/mol. The number of nitrogens with two attached hydrogens (primary N) is 1. The summed E-state index contributed by atoms with van der Waals surface area (Å²) in [7, 11) is 0. The second kappa shape index (κ2) is 3.59. The van der Waals surface area contributed by atoms with Gasteiger partial charge in [-0.2, -0.15) is 0 Å². The maximum Gasteiger partial charge on any atom is 0.0602 e. The molecular weight excluding hydrogens is 176 g/mol. The second-order valence-electron chi connectivity index (χ2n) is 3.91. The van der Waals surface area contributed by atoms with Gasteiger partial charge in [0, 0.05) is 17.8 Å². The van der Waals surface area contributed by atoms with E-state index in [1.165, 1.54) is 16.8 Å². The Morgan fingerprint density at radius 2 is 2.43 bits per heavy atom. The topological polar surface area (TPSA) is 58.3 Å². The fourth-order valence-electron chi connectivity index (χ4n) is 1.96. The van der Waals surface area contributed by atoms with E-state index in [0.717, 1.165) is 6.42 Å². The Kier molecular flexibility index (Phi) is 2.44. The third-order valence-electron chi connectivity index (χ3n) is 2.86. The summed E-state index contributed by atoms with van der Waals surface area (Å²) in [5.74, 6) is 0. The van der Waals surface area contributed by atoms with Gasteiger partial charge in [0.05, 0.1) is 6.61 Å². The lowest BCUT2D eigenvalue weighted by molar-refractivity contribution is 0.254. The minimum Gasteiger partial charge on any atom is -0.395 e. The molecule has 1 aliphatic rings. The van der Waals surface area contributed by atoms with Crippen molar-refractivity contribution in [2.45, 2.75) is 25.4 Å². The predicted molar refractivity (Wildman–Crippen MR) is 57.4 cm³/mol. The highest BCUT2D eigenvalue weighted by Crippen LogP contribution is 2.29. The third-order valence-corrected chi connectivity index (χ3v) is 2.86. The molecule has 0 saturated carbocycles. The third kappa shape index (κ3) is 1.49. The minimum atomic E-state index is -0.179. The summed E-state index contributed by atoms with van der Waals surface area (Å²) >= 11 is 0. The summed E-state index contributed by atoms with van der Waals surface area (Å²) in [6, 6.07) is 6.25. The van der Waals surface area contributed by atoms with Crippen LogP contribution in [0.3, 0.4) is 0 Å². The highest BCUT2D eigenvalue weighted by Gasteiger charge is 2.25. The van der Waals surface area contributed by atoms with Crippen LogP contribution in [0.2, 0.25) is 0 Å². The average molecular weight is 192 g/mol. The lowest BCUT2D eigenvalue weighted by atomic mass is 10.0. The van der Waals surface area contributed by atoms with Gasteiger partial charge in [-0.3, -0.25) is 0 Å². The van der Waals surface area contributed by atoms with Gasteiger partial charge in [-0.1, -0.05) is 18.2 Å². The molecule has 2 rings (SSSR count). The molecule has 0 spiro atoms. The number of hydrogen-bond acceptors (Lipinski definition) is 3. The lowest BCUT2D eigenvalue weighted by Crippen LogP contribution is -2.41. The molecule has 0 radical (unpaired) electrons. The fraction of sp³-hybridized carbons (Fsp3) is 0.455. The van der Waals surface area contributed by atoms with Crippen molar-refractivity contribution in [1.29, 1.82) is 0 Å². The van der Waals surface area contributed by atoms with E-state index in [1.54, 1.807) is 0 Å². The van der Waals surface area contributed by atoms with Crippen LogP contribution in [-0.4, -0.2) is 23.8 Å². The van der Waals surface area contributed by atoms with E-state index in [4.69, 9.17) is 10.8 Å². The molecule has 4 N–H and O–H groups in total. The van der Waals surface area contributed by atoms with E-state index >= 15 is 0 Å². The molecule has 3 nitrogen and oxygen atoms in total. The smallest absolute Gasteiger partial charge is 0.0602 e. The molecular formula is C11H16N2O. The van der Waals surface area contributed by atoms with Crippen LogP contribution in [0.4, 0.5) is 5.69 Å². The van der Waals surface area contributed by atoms with Gasteiger partial charge in [0.1, 0.15) is 0 Å². The number of fused-ring (bicyclic) bond motifs is 1. The van der Waals surface area contributed by atoms with Gasteiger partial charge < -0.3 is 16.2 Å². The van der Waals surface area contributed by atoms with E-state index in [-0.39, 0.29) is 18.7 Å². The molecule has 1 heterocycles. The Hall–Kier alpha value is -1.06. The molecule has 1 aliphatic heterocycles. The maximum absolute atomic E-state index is 8.98. The SMILES string of the molecule is Cc1cccc2c1NC(C(N)CO)C2. The van der Waals surface area contributed by atoms with E-state index in [9.17, 15) is 0 Å². The van der Waals surface area contributed by atoms with Gasteiger partial charge in [0.15, 0.2) is 0 Å². The summed E-state index contributed by atoms with van der Waals surface area (Å²) in [6.07, 6.45) is 0.915. The first-order valence-corrected chi connectivity index (χ1v) is 4.94. The van der Waals surface area contributed by atoms with Crippen molar-refractivity contribution in [3.8, 4) is 0 Å². The number of para-hydroxylation sites is 1. The average Bonchev–Trinajstić information content (AvgIpc) is 2.62. The number of nitrogens with one attached hydrogen (secondary N) is 1. The zero-order valence-corrected chi connectivity index (χ0v) is 8.33. The van der Waals surface area contributed by atoms with Crippen molar-refractivity contribution in [1.82, 2.24) is 0 Å². The molecule has 0 bridgehead atoms. The maximum atomic E-state index is 8.98. The van der Waals surface area contributed by atoms with E-state index in [0.29, 0.717) is 0 Å². The van der Waals surface area contributed by atoms with E-state index < -0.39 is 0 Å². The molecule has 14 heavy (non-hydrogen) atoms. The summed E-state index contributed by atoms with van der Waals surface area (Å²) in [4.78, 5) is 0. The molecule has 1 aromatic rings. The van der Waals surface area contributed by atoms with Crippen LogP contribution in [0.25, 0.3) is 0 Å². The number of rotatable bonds is 2. The number of aryl methyl sites for hydroxylation is 1. The molecule has 2 atom stereocenters. The summed E-state index contributed by atoms with van der Waals surface area (Å²) in [5.41, 5.74) is 9.54. The second-order valence-corrected chi connectivity index (χ2v) is 3.91. The van der Waals surface area contributed by atoms with Gasteiger partial charge in [0.25, 0.3) is 0 Å². The van der Waals surface area contributed by atoms with Crippen molar-refractivity contribution in [2.75, 3.05) is 11.9 Å². The molecule has 1 aromatic carbocycles.